The van der Waals surface area contributed by atoms with E-state index in [1.807, 2.05) is 18.2 Å². The molecule has 5 heteroatoms. The number of imidazole rings is 1. The number of nitrogens with zero attached hydrogens (tertiary/aromatic N) is 2. The van der Waals surface area contributed by atoms with Gasteiger partial charge in [0.15, 0.2) is 0 Å². The van der Waals surface area contributed by atoms with Crippen LogP contribution in [0, 0.1) is 5.92 Å². The first-order valence-corrected chi connectivity index (χ1v) is 7.31. The van der Waals surface area contributed by atoms with Gasteiger partial charge >= 0.3 is 0 Å². The van der Waals surface area contributed by atoms with Crippen LogP contribution >= 0.6 is 23.2 Å². The molecule has 0 aliphatic carbocycles. The molecule has 1 heterocycles. The number of rotatable bonds is 6. The molecule has 1 aromatic carbocycles. The van der Waals surface area contributed by atoms with Crippen molar-refractivity contribution >= 4 is 34.2 Å². The molecule has 0 aliphatic heterocycles. The van der Waals surface area contributed by atoms with Crippen LogP contribution < -0.4 is 0 Å². The summed E-state index contributed by atoms with van der Waals surface area (Å²) in [5.74, 6) is 1.78. The highest BCUT2D eigenvalue weighted by atomic mass is 35.5. The van der Waals surface area contributed by atoms with Crippen LogP contribution in [0.25, 0.3) is 11.0 Å². The molecule has 0 unspecified atom stereocenters. The Labute approximate surface area is 123 Å². The van der Waals surface area contributed by atoms with E-state index >= 15 is 0 Å². The number of benzene rings is 1. The second-order valence-corrected chi connectivity index (χ2v) is 5.62. The number of fused-ring (bicyclic) bond motifs is 1. The van der Waals surface area contributed by atoms with E-state index in [0.29, 0.717) is 23.4 Å². The van der Waals surface area contributed by atoms with E-state index in [2.05, 4.69) is 23.4 Å². The molecule has 19 heavy (non-hydrogen) atoms. The van der Waals surface area contributed by atoms with E-state index in [4.69, 9.17) is 27.9 Å². The summed E-state index contributed by atoms with van der Waals surface area (Å²) in [6.45, 7) is 6.43. The van der Waals surface area contributed by atoms with E-state index in [0.717, 1.165) is 30.0 Å². The van der Waals surface area contributed by atoms with Crippen molar-refractivity contribution in [3.8, 4) is 0 Å². The predicted octanol–water partition coefficient (Wildman–Crippen LogP) is 4.10. The van der Waals surface area contributed by atoms with Crippen molar-refractivity contribution in [2.24, 2.45) is 5.92 Å². The summed E-state index contributed by atoms with van der Waals surface area (Å²) in [6, 6.07) is 5.68. The van der Waals surface area contributed by atoms with Gasteiger partial charge in [0.2, 0.25) is 0 Å². The molecule has 1 aromatic heterocycles. The summed E-state index contributed by atoms with van der Waals surface area (Å²) in [4.78, 5) is 4.50. The molecule has 0 atom stereocenters. The average Bonchev–Trinajstić information content (AvgIpc) is 2.72. The Morgan fingerprint density at radius 2 is 2.16 bits per heavy atom. The second kappa shape index (κ2) is 6.60. The normalized spacial score (nSPS) is 11.6. The van der Waals surface area contributed by atoms with Crippen molar-refractivity contribution in [3.63, 3.8) is 0 Å². The zero-order chi connectivity index (χ0) is 13.8. The van der Waals surface area contributed by atoms with Crippen molar-refractivity contribution in [1.29, 1.82) is 0 Å². The Morgan fingerprint density at radius 3 is 2.84 bits per heavy atom. The second-order valence-electron chi connectivity index (χ2n) is 4.92. The third kappa shape index (κ3) is 3.62. The van der Waals surface area contributed by atoms with Crippen molar-refractivity contribution in [1.82, 2.24) is 9.55 Å². The van der Waals surface area contributed by atoms with Crippen LogP contribution in [0.1, 0.15) is 19.7 Å². The Bertz CT molecular complexity index is 552. The number of aromatic nitrogens is 2. The van der Waals surface area contributed by atoms with Crippen molar-refractivity contribution in [2.75, 3.05) is 13.2 Å². The minimum absolute atomic E-state index is 0.385. The summed E-state index contributed by atoms with van der Waals surface area (Å²) in [6.07, 6.45) is 0. The van der Waals surface area contributed by atoms with Gasteiger partial charge in [-0.25, -0.2) is 4.98 Å². The molecular weight excluding hydrogens is 283 g/mol. The van der Waals surface area contributed by atoms with Crippen LogP contribution in [-0.2, 0) is 17.2 Å². The van der Waals surface area contributed by atoms with Crippen molar-refractivity contribution < 1.29 is 4.74 Å². The lowest BCUT2D eigenvalue weighted by Crippen LogP contribution is -2.11. The highest BCUT2D eigenvalue weighted by molar-refractivity contribution is 6.31. The molecule has 0 aliphatic rings. The van der Waals surface area contributed by atoms with Crippen LogP contribution in [0.2, 0.25) is 5.02 Å². The van der Waals surface area contributed by atoms with Crippen LogP contribution in [0.5, 0.6) is 0 Å². The third-order valence-electron chi connectivity index (χ3n) is 2.82. The molecule has 104 valence electrons. The molecule has 0 bridgehead atoms. The first kappa shape index (κ1) is 14.6. The van der Waals surface area contributed by atoms with E-state index < -0.39 is 0 Å². The zero-order valence-electron chi connectivity index (χ0n) is 11.2. The first-order chi connectivity index (χ1) is 9.11. The number of ether oxygens (including phenoxy) is 1. The van der Waals surface area contributed by atoms with Gasteiger partial charge in [-0.15, -0.1) is 11.6 Å². The topological polar surface area (TPSA) is 27.1 Å². The van der Waals surface area contributed by atoms with Crippen molar-refractivity contribution in [3.05, 3.63) is 29.0 Å². The zero-order valence-corrected chi connectivity index (χ0v) is 12.7. The third-order valence-corrected chi connectivity index (χ3v) is 3.29. The van der Waals surface area contributed by atoms with E-state index in [1.165, 1.54) is 0 Å². The summed E-state index contributed by atoms with van der Waals surface area (Å²) in [5.41, 5.74) is 1.93. The fourth-order valence-corrected chi connectivity index (χ4v) is 2.34. The van der Waals surface area contributed by atoms with Crippen LogP contribution in [0.15, 0.2) is 18.2 Å². The minimum atomic E-state index is 0.385. The lowest BCUT2D eigenvalue weighted by molar-refractivity contribution is 0.103. The molecule has 0 saturated carbocycles. The molecule has 0 radical (unpaired) electrons. The fraction of sp³-hybridized carbons (Fsp3) is 0.500. The number of hydrogen-bond acceptors (Lipinski definition) is 2. The minimum Gasteiger partial charge on any atom is -0.379 e. The van der Waals surface area contributed by atoms with E-state index in [9.17, 15) is 0 Å². The Balaban J connectivity index is 2.17. The van der Waals surface area contributed by atoms with Gasteiger partial charge in [0.25, 0.3) is 0 Å². The average molecular weight is 301 g/mol. The van der Waals surface area contributed by atoms with Gasteiger partial charge in [-0.05, 0) is 24.1 Å². The van der Waals surface area contributed by atoms with Crippen LogP contribution in [0.3, 0.4) is 0 Å². The molecule has 0 N–H and O–H groups in total. The Morgan fingerprint density at radius 1 is 1.37 bits per heavy atom. The van der Waals surface area contributed by atoms with Gasteiger partial charge in [0.05, 0.1) is 23.5 Å². The summed E-state index contributed by atoms with van der Waals surface area (Å²) in [7, 11) is 0. The maximum Gasteiger partial charge on any atom is 0.124 e. The van der Waals surface area contributed by atoms with Gasteiger partial charge in [-0.3, -0.25) is 0 Å². The van der Waals surface area contributed by atoms with Gasteiger partial charge < -0.3 is 9.30 Å². The number of alkyl halides is 1. The molecule has 2 aromatic rings. The quantitative estimate of drug-likeness (QED) is 0.593. The van der Waals surface area contributed by atoms with Gasteiger partial charge in [0, 0.05) is 18.2 Å². The van der Waals surface area contributed by atoms with Crippen LogP contribution in [-0.4, -0.2) is 22.8 Å². The number of halogens is 2. The maximum absolute atomic E-state index is 6.04. The molecular formula is C14H18Cl2N2O. The van der Waals surface area contributed by atoms with Gasteiger partial charge in [0.1, 0.15) is 5.82 Å². The predicted molar refractivity (Wildman–Crippen MR) is 80.0 cm³/mol. The molecule has 0 fully saturated rings. The highest BCUT2D eigenvalue weighted by Gasteiger charge is 2.10. The smallest absolute Gasteiger partial charge is 0.124 e. The lowest BCUT2D eigenvalue weighted by Gasteiger charge is -2.10. The maximum atomic E-state index is 6.04. The number of hydrogen-bond donors (Lipinski definition) is 0. The largest absolute Gasteiger partial charge is 0.379 e. The lowest BCUT2D eigenvalue weighted by atomic mass is 10.2. The van der Waals surface area contributed by atoms with Crippen LogP contribution in [0.4, 0.5) is 0 Å². The van der Waals surface area contributed by atoms with Gasteiger partial charge in [-0.1, -0.05) is 25.4 Å². The van der Waals surface area contributed by atoms with E-state index in [1.54, 1.807) is 0 Å². The molecule has 0 saturated heterocycles. The summed E-state index contributed by atoms with van der Waals surface area (Å²) < 4.78 is 7.70. The Kier molecular flexibility index (Phi) is 5.08. The highest BCUT2D eigenvalue weighted by Crippen LogP contribution is 2.21. The van der Waals surface area contributed by atoms with Gasteiger partial charge in [-0.2, -0.15) is 0 Å². The fourth-order valence-electron chi connectivity index (χ4n) is 1.97. The summed E-state index contributed by atoms with van der Waals surface area (Å²) in [5, 5.41) is 0.706. The summed E-state index contributed by atoms with van der Waals surface area (Å²) >= 11 is 12.0. The monoisotopic (exact) mass is 300 g/mol. The molecule has 0 spiro atoms. The standard InChI is InChI=1S/C14H18Cl2N2O/c1-10(2)9-19-6-5-18-13-7-11(16)3-4-12(13)17-14(18)8-15/h3-4,7,10H,5-6,8-9H2,1-2H3. The first-order valence-electron chi connectivity index (χ1n) is 6.40. The Hall–Kier alpha value is -0.770. The molecule has 0 amide bonds. The molecule has 2 rings (SSSR count). The van der Waals surface area contributed by atoms with E-state index in [-0.39, 0.29) is 0 Å². The molecule has 3 nitrogen and oxygen atoms in total. The SMILES string of the molecule is CC(C)COCCn1c(CCl)nc2ccc(Cl)cc21. The van der Waals surface area contributed by atoms with Crippen molar-refractivity contribution in [2.45, 2.75) is 26.3 Å².